The molecule has 0 saturated heterocycles. The van der Waals surface area contributed by atoms with Crippen LogP contribution < -0.4 is 5.32 Å². The van der Waals surface area contributed by atoms with E-state index in [1.807, 2.05) is 13.8 Å². The van der Waals surface area contributed by atoms with Crippen LogP contribution in [-0.2, 0) is 0 Å². The summed E-state index contributed by atoms with van der Waals surface area (Å²) in [6, 6.07) is 0.477. The average Bonchev–Trinajstić information content (AvgIpc) is 2.81. The molecule has 1 aliphatic carbocycles. The van der Waals surface area contributed by atoms with Crippen LogP contribution in [0.3, 0.4) is 0 Å². The van der Waals surface area contributed by atoms with Gasteiger partial charge in [-0.2, -0.15) is 0 Å². The van der Waals surface area contributed by atoms with Crippen LogP contribution in [0.25, 0.3) is 0 Å². The molecule has 0 spiro atoms. The van der Waals surface area contributed by atoms with Crippen molar-refractivity contribution >= 4 is 6.03 Å². The van der Waals surface area contributed by atoms with E-state index >= 15 is 0 Å². The molecule has 4 heteroatoms. The van der Waals surface area contributed by atoms with E-state index in [-0.39, 0.29) is 18.7 Å². The van der Waals surface area contributed by atoms with Crippen LogP contribution in [0.4, 0.5) is 4.79 Å². The number of aliphatic hydroxyl groups excluding tert-OH is 1. The van der Waals surface area contributed by atoms with Crippen LogP contribution in [0.15, 0.2) is 0 Å². The van der Waals surface area contributed by atoms with E-state index in [0.717, 1.165) is 12.8 Å². The summed E-state index contributed by atoms with van der Waals surface area (Å²) in [7, 11) is 0. The lowest BCUT2D eigenvalue weighted by Crippen LogP contribution is -2.45. The van der Waals surface area contributed by atoms with Gasteiger partial charge in [0.15, 0.2) is 0 Å². The maximum Gasteiger partial charge on any atom is 0.317 e. The molecule has 0 aromatic rings. The molecular formula is C9H18N2O2. The van der Waals surface area contributed by atoms with Crippen molar-refractivity contribution in [2.45, 2.75) is 38.8 Å². The number of aliphatic hydroxyl groups is 1. The number of hydrogen-bond donors (Lipinski definition) is 2. The number of carbonyl (C=O) groups is 1. The Morgan fingerprint density at radius 3 is 2.62 bits per heavy atom. The minimum atomic E-state index is -0.0495. The van der Waals surface area contributed by atoms with Gasteiger partial charge in [-0.25, -0.2) is 4.79 Å². The van der Waals surface area contributed by atoms with Gasteiger partial charge in [0.05, 0.1) is 6.61 Å². The summed E-state index contributed by atoms with van der Waals surface area (Å²) < 4.78 is 0. The van der Waals surface area contributed by atoms with Gasteiger partial charge in [-0.1, -0.05) is 0 Å². The lowest BCUT2D eigenvalue weighted by atomic mass is 10.4. The summed E-state index contributed by atoms with van der Waals surface area (Å²) in [5.41, 5.74) is 0. The molecule has 0 unspecified atom stereocenters. The van der Waals surface area contributed by atoms with Crippen LogP contribution >= 0.6 is 0 Å². The highest BCUT2D eigenvalue weighted by Crippen LogP contribution is 2.26. The average molecular weight is 186 g/mol. The van der Waals surface area contributed by atoms with Crippen LogP contribution in [0.5, 0.6) is 0 Å². The Kier molecular flexibility index (Phi) is 3.54. The van der Waals surface area contributed by atoms with Gasteiger partial charge in [0, 0.05) is 18.6 Å². The summed E-state index contributed by atoms with van der Waals surface area (Å²) in [6.45, 7) is 4.36. The van der Waals surface area contributed by atoms with Crippen molar-refractivity contribution in [2.24, 2.45) is 0 Å². The molecule has 0 radical (unpaired) electrons. The first-order valence-electron chi connectivity index (χ1n) is 4.83. The Balaban J connectivity index is 2.38. The number of urea groups is 1. The fourth-order valence-electron chi connectivity index (χ4n) is 1.27. The number of carbonyl (C=O) groups excluding carboxylic acids is 1. The summed E-state index contributed by atoms with van der Waals surface area (Å²) in [5.74, 6) is 0. The Bertz CT molecular complexity index is 178. The molecule has 1 aliphatic rings. The summed E-state index contributed by atoms with van der Waals surface area (Å²) in [6.07, 6.45) is 2.15. The number of nitrogens with one attached hydrogen (secondary N) is 1. The number of amides is 2. The Hall–Kier alpha value is -0.770. The van der Waals surface area contributed by atoms with Gasteiger partial charge < -0.3 is 15.3 Å². The van der Waals surface area contributed by atoms with Gasteiger partial charge in [0.1, 0.15) is 0 Å². The molecule has 4 nitrogen and oxygen atoms in total. The summed E-state index contributed by atoms with van der Waals surface area (Å²) >= 11 is 0. The lowest BCUT2D eigenvalue weighted by Gasteiger charge is -2.23. The molecule has 13 heavy (non-hydrogen) atoms. The van der Waals surface area contributed by atoms with Crippen molar-refractivity contribution in [3.8, 4) is 0 Å². The van der Waals surface area contributed by atoms with Crippen LogP contribution in [0, 0.1) is 0 Å². The predicted octanol–water partition coefficient (Wildman–Crippen LogP) is 0.561. The fourth-order valence-corrected chi connectivity index (χ4v) is 1.27. The summed E-state index contributed by atoms with van der Waals surface area (Å²) in [5, 5.41) is 11.6. The predicted molar refractivity (Wildman–Crippen MR) is 50.5 cm³/mol. The highest BCUT2D eigenvalue weighted by atomic mass is 16.3. The number of nitrogens with zero attached hydrogens (tertiary/aromatic N) is 1. The Morgan fingerprint density at radius 1 is 1.62 bits per heavy atom. The van der Waals surface area contributed by atoms with Crippen molar-refractivity contribution in [1.29, 1.82) is 0 Å². The third kappa shape index (κ3) is 3.22. The molecule has 0 atom stereocenters. The quantitative estimate of drug-likeness (QED) is 0.674. The zero-order valence-corrected chi connectivity index (χ0v) is 8.29. The molecule has 2 N–H and O–H groups in total. The normalized spacial score (nSPS) is 16.0. The van der Waals surface area contributed by atoms with Crippen molar-refractivity contribution in [3.63, 3.8) is 0 Å². The van der Waals surface area contributed by atoms with E-state index < -0.39 is 0 Å². The first-order chi connectivity index (χ1) is 6.15. The topological polar surface area (TPSA) is 52.6 Å². The van der Waals surface area contributed by atoms with E-state index in [1.54, 1.807) is 4.90 Å². The van der Waals surface area contributed by atoms with Crippen LogP contribution in [0.2, 0.25) is 0 Å². The molecule has 0 heterocycles. The fraction of sp³-hybridized carbons (Fsp3) is 0.889. The largest absolute Gasteiger partial charge is 0.395 e. The molecule has 1 fully saturated rings. The van der Waals surface area contributed by atoms with Gasteiger partial charge in [-0.05, 0) is 26.7 Å². The van der Waals surface area contributed by atoms with Crippen molar-refractivity contribution in [2.75, 3.05) is 13.2 Å². The zero-order chi connectivity index (χ0) is 9.84. The molecule has 76 valence electrons. The number of hydrogen-bond acceptors (Lipinski definition) is 2. The first kappa shape index (κ1) is 10.3. The summed E-state index contributed by atoms with van der Waals surface area (Å²) in [4.78, 5) is 13.3. The van der Waals surface area contributed by atoms with E-state index in [4.69, 9.17) is 5.11 Å². The van der Waals surface area contributed by atoms with Crippen molar-refractivity contribution in [3.05, 3.63) is 0 Å². The molecule has 0 bridgehead atoms. The zero-order valence-electron chi connectivity index (χ0n) is 8.29. The second kappa shape index (κ2) is 4.46. The number of rotatable bonds is 4. The SMILES string of the molecule is CC(C)NC(=O)N(CCO)C1CC1. The Morgan fingerprint density at radius 2 is 2.23 bits per heavy atom. The maximum atomic E-state index is 11.5. The molecule has 1 rings (SSSR count). The standard InChI is InChI=1S/C9H18N2O2/c1-7(2)10-9(13)11(5-6-12)8-3-4-8/h7-8,12H,3-6H2,1-2H3,(H,10,13). The minimum Gasteiger partial charge on any atom is -0.395 e. The second-order valence-electron chi connectivity index (χ2n) is 3.75. The minimum absolute atomic E-state index is 0.0437. The molecule has 0 aliphatic heterocycles. The van der Waals surface area contributed by atoms with Crippen LogP contribution in [-0.4, -0.2) is 41.3 Å². The first-order valence-corrected chi connectivity index (χ1v) is 4.83. The third-order valence-corrected chi connectivity index (χ3v) is 2.00. The maximum absolute atomic E-state index is 11.5. The molecule has 0 aromatic heterocycles. The Labute approximate surface area is 78.9 Å². The van der Waals surface area contributed by atoms with Gasteiger partial charge in [-0.3, -0.25) is 0 Å². The van der Waals surface area contributed by atoms with Gasteiger partial charge in [0.2, 0.25) is 0 Å². The van der Waals surface area contributed by atoms with Crippen LogP contribution in [0.1, 0.15) is 26.7 Å². The third-order valence-electron chi connectivity index (χ3n) is 2.00. The molecule has 1 saturated carbocycles. The highest BCUT2D eigenvalue weighted by Gasteiger charge is 2.32. The highest BCUT2D eigenvalue weighted by molar-refractivity contribution is 5.75. The van der Waals surface area contributed by atoms with Crippen molar-refractivity contribution in [1.82, 2.24) is 10.2 Å². The van der Waals surface area contributed by atoms with Crippen molar-refractivity contribution < 1.29 is 9.90 Å². The lowest BCUT2D eigenvalue weighted by molar-refractivity contribution is 0.171. The van der Waals surface area contributed by atoms with E-state index in [2.05, 4.69) is 5.32 Å². The smallest absolute Gasteiger partial charge is 0.317 e. The second-order valence-corrected chi connectivity index (χ2v) is 3.75. The molecule has 0 aromatic carbocycles. The van der Waals surface area contributed by atoms with E-state index in [1.165, 1.54) is 0 Å². The van der Waals surface area contributed by atoms with E-state index in [0.29, 0.717) is 12.6 Å². The van der Waals surface area contributed by atoms with E-state index in [9.17, 15) is 4.79 Å². The van der Waals surface area contributed by atoms with Gasteiger partial charge >= 0.3 is 6.03 Å². The monoisotopic (exact) mass is 186 g/mol. The van der Waals surface area contributed by atoms with Gasteiger partial charge in [0.25, 0.3) is 0 Å². The van der Waals surface area contributed by atoms with Gasteiger partial charge in [-0.15, -0.1) is 0 Å². The molecular weight excluding hydrogens is 168 g/mol. The molecule has 2 amide bonds.